The first kappa shape index (κ1) is 17.2. The summed E-state index contributed by atoms with van der Waals surface area (Å²) in [7, 11) is 0. The quantitative estimate of drug-likeness (QED) is 0.780. The highest BCUT2D eigenvalue weighted by molar-refractivity contribution is 4.87. The molecule has 0 spiro atoms. The number of ether oxygens (including phenoxy) is 1. The molecule has 0 aromatic rings. The van der Waals surface area contributed by atoms with Crippen LogP contribution in [0.25, 0.3) is 0 Å². The molecule has 1 saturated heterocycles. The molecule has 0 bridgehead atoms. The average molecular weight is 296 g/mol. The van der Waals surface area contributed by atoms with Crippen molar-refractivity contribution in [3.8, 4) is 0 Å². The Morgan fingerprint density at radius 1 is 1.10 bits per heavy atom. The van der Waals surface area contributed by atoms with E-state index in [0.29, 0.717) is 0 Å². The number of nitrogens with zero attached hydrogens (tertiary/aromatic N) is 1. The normalized spacial score (nSPS) is 32.0. The molecule has 2 aliphatic rings. The molecule has 1 aliphatic carbocycles. The van der Waals surface area contributed by atoms with Crippen molar-refractivity contribution in [1.29, 1.82) is 0 Å². The fraction of sp³-hybridized carbons (Fsp3) is 1.00. The van der Waals surface area contributed by atoms with E-state index in [9.17, 15) is 0 Å². The molecule has 3 unspecified atom stereocenters. The van der Waals surface area contributed by atoms with Crippen molar-refractivity contribution in [2.75, 3.05) is 39.4 Å². The second-order valence-electron chi connectivity index (χ2n) is 7.05. The molecule has 1 heterocycles. The van der Waals surface area contributed by atoms with Gasteiger partial charge in [0.2, 0.25) is 0 Å². The average Bonchev–Trinajstić information content (AvgIpc) is 2.75. The van der Waals surface area contributed by atoms with Crippen molar-refractivity contribution >= 4 is 0 Å². The van der Waals surface area contributed by atoms with Crippen molar-refractivity contribution < 1.29 is 4.74 Å². The molecule has 2 fully saturated rings. The fourth-order valence-corrected chi connectivity index (χ4v) is 4.14. The van der Waals surface area contributed by atoms with Gasteiger partial charge in [-0.2, -0.15) is 0 Å². The van der Waals surface area contributed by atoms with Gasteiger partial charge in [-0.1, -0.05) is 26.7 Å². The summed E-state index contributed by atoms with van der Waals surface area (Å²) in [4.78, 5) is 2.66. The van der Waals surface area contributed by atoms with Crippen LogP contribution in [0.1, 0.15) is 58.8 Å². The summed E-state index contributed by atoms with van der Waals surface area (Å²) >= 11 is 0. The van der Waals surface area contributed by atoms with Gasteiger partial charge in [0.15, 0.2) is 0 Å². The van der Waals surface area contributed by atoms with E-state index in [4.69, 9.17) is 4.74 Å². The topological polar surface area (TPSA) is 24.5 Å². The Morgan fingerprint density at radius 3 is 2.81 bits per heavy atom. The van der Waals surface area contributed by atoms with E-state index < -0.39 is 0 Å². The summed E-state index contributed by atoms with van der Waals surface area (Å²) < 4.78 is 5.61. The van der Waals surface area contributed by atoms with Gasteiger partial charge in [0.1, 0.15) is 0 Å². The lowest BCUT2D eigenvalue weighted by molar-refractivity contribution is 0.119. The monoisotopic (exact) mass is 296 g/mol. The summed E-state index contributed by atoms with van der Waals surface area (Å²) in [6.45, 7) is 11.3. The molecule has 0 aromatic carbocycles. The number of nitrogens with one attached hydrogen (secondary N) is 1. The smallest absolute Gasteiger partial charge is 0.0593 e. The van der Waals surface area contributed by atoms with Crippen LogP contribution in [-0.2, 0) is 4.74 Å². The molecule has 0 aromatic heterocycles. The lowest BCUT2D eigenvalue weighted by atomic mass is 9.76. The maximum atomic E-state index is 5.61. The molecule has 0 radical (unpaired) electrons. The summed E-state index contributed by atoms with van der Waals surface area (Å²) in [5.74, 6) is 1.82. The molecule has 3 atom stereocenters. The van der Waals surface area contributed by atoms with Crippen LogP contribution in [0.5, 0.6) is 0 Å². The van der Waals surface area contributed by atoms with E-state index >= 15 is 0 Å². The van der Waals surface area contributed by atoms with Crippen molar-refractivity contribution in [3.63, 3.8) is 0 Å². The zero-order valence-corrected chi connectivity index (χ0v) is 14.3. The second kappa shape index (κ2) is 9.81. The first-order valence-electron chi connectivity index (χ1n) is 9.37. The van der Waals surface area contributed by atoms with Gasteiger partial charge in [-0.15, -0.1) is 0 Å². The minimum Gasteiger partial charge on any atom is -0.380 e. The summed E-state index contributed by atoms with van der Waals surface area (Å²) in [5.41, 5.74) is 0. The van der Waals surface area contributed by atoms with Crippen LogP contribution < -0.4 is 5.32 Å². The number of hydrogen-bond acceptors (Lipinski definition) is 3. The Labute approximate surface area is 131 Å². The zero-order valence-electron chi connectivity index (χ0n) is 14.3. The first-order chi connectivity index (χ1) is 10.3. The highest BCUT2D eigenvalue weighted by atomic mass is 16.5. The predicted molar refractivity (Wildman–Crippen MR) is 89.7 cm³/mol. The first-order valence-corrected chi connectivity index (χ1v) is 9.37. The molecule has 1 saturated carbocycles. The van der Waals surface area contributed by atoms with E-state index in [0.717, 1.165) is 37.6 Å². The van der Waals surface area contributed by atoms with Crippen LogP contribution in [0.4, 0.5) is 0 Å². The molecule has 0 amide bonds. The van der Waals surface area contributed by atoms with Gasteiger partial charge < -0.3 is 15.0 Å². The van der Waals surface area contributed by atoms with Gasteiger partial charge in [0.05, 0.1) is 6.61 Å². The van der Waals surface area contributed by atoms with E-state index in [1.54, 1.807) is 0 Å². The Bertz CT molecular complexity index is 264. The van der Waals surface area contributed by atoms with Crippen LogP contribution in [0.15, 0.2) is 0 Å². The van der Waals surface area contributed by atoms with Crippen molar-refractivity contribution in [2.45, 2.75) is 64.8 Å². The van der Waals surface area contributed by atoms with Gasteiger partial charge in [-0.25, -0.2) is 0 Å². The predicted octanol–water partition coefficient (Wildman–Crippen LogP) is 3.29. The number of hydrogen-bond donors (Lipinski definition) is 1. The van der Waals surface area contributed by atoms with Crippen molar-refractivity contribution in [3.05, 3.63) is 0 Å². The summed E-state index contributed by atoms with van der Waals surface area (Å²) in [5, 5.41) is 3.83. The molecular weight excluding hydrogens is 260 g/mol. The van der Waals surface area contributed by atoms with Crippen molar-refractivity contribution in [1.82, 2.24) is 10.2 Å². The van der Waals surface area contributed by atoms with E-state index in [2.05, 4.69) is 24.1 Å². The van der Waals surface area contributed by atoms with Crippen LogP contribution in [-0.4, -0.2) is 50.3 Å². The van der Waals surface area contributed by atoms with Gasteiger partial charge in [0.25, 0.3) is 0 Å². The maximum Gasteiger partial charge on any atom is 0.0593 e. The van der Waals surface area contributed by atoms with Crippen LogP contribution >= 0.6 is 0 Å². The zero-order chi connectivity index (χ0) is 14.9. The van der Waals surface area contributed by atoms with Gasteiger partial charge in [-0.05, 0) is 50.5 Å². The Hall–Kier alpha value is -0.120. The molecule has 3 nitrogen and oxygen atoms in total. The highest BCUT2D eigenvalue weighted by Gasteiger charge is 2.31. The minimum atomic E-state index is 0.752. The minimum absolute atomic E-state index is 0.752. The van der Waals surface area contributed by atoms with Crippen LogP contribution in [0.3, 0.4) is 0 Å². The third kappa shape index (κ3) is 5.88. The standard InChI is InChI=1S/C18H36N2O/c1-3-6-16-7-8-18(19-9-4-2)17(14-16)15-20-10-5-12-21-13-11-20/h16-19H,3-15H2,1-2H3. The van der Waals surface area contributed by atoms with E-state index in [1.807, 2.05) is 0 Å². The van der Waals surface area contributed by atoms with Gasteiger partial charge in [0, 0.05) is 32.3 Å². The third-order valence-corrected chi connectivity index (χ3v) is 5.25. The van der Waals surface area contributed by atoms with Crippen LogP contribution in [0.2, 0.25) is 0 Å². The molecule has 2 rings (SSSR count). The third-order valence-electron chi connectivity index (χ3n) is 5.25. The molecule has 124 valence electrons. The van der Waals surface area contributed by atoms with E-state index in [-0.39, 0.29) is 0 Å². The molecule has 1 aliphatic heterocycles. The molecule has 1 N–H and O–H groups in total. The summed E-state index contributed by atoms with van der Waals surface area (Å²) in [6, 6.07) is 0.752. The van der Waals surface area contributed by atoms with E-state index in [1.165, 1.54) is 64.6 Å². The van der Waals surface area contributed by atoms with Gasteiger partial charge in [-0.3, -0.25) is 0 Å². The highest BCUT2D eigenvalue weighted by Crippen LogP contribution is 2.33. The molecule has 3 heteroatoms. The second-order valence-corrected chi connectivity index (χ2v) is 7.05. The Morgan fingerprint density at radius 2 is 2.00 bits per heavy atom. The van der Waals surface area contributed by atoms with Crippen molar-refractivity contribution in [2.24, 2.45) is 11.8 Å². The van der Waals surface area contributed by atoms with Crippen LogP contribution in [0, 0.1) is 11.8 Å². The number of rotatable bonds is 7. The lowest BCUT2D eigenvalue weighted by Crippen LogP contribution is -2.46. The Balaban J connectivity index is 1.87. The lowest BCUT2D eigenvalue weighted by Gasteiger charge is -2.39. The maximum absolute atomic E-state index is 5.61. The molecule has 21 heavy (non-hydrogen) atoms. The van der Waals surface area contributed by atoms with Gasteiger partial charge >= 0.3 is 0 Å². The Kier molecular flexibility index (Phi) is 8.05. The molecular formula is C18H36N2O. The fourth-order valence-electron chi connectivity index (χ4n) is 4.14. The largest absolute Gasteiger partial charge is 0.380 e. The SMILES string of the molecule is CCCNC1CCC(CCC)CC1CN1CCCOCC1. The summed E-state index contributed by atoms with van der Waals surface area (Å²) in [6.07, 6.45) is 9.50.